The molecule has 0 saturated carbocycles. The Morgan fingerprint density at radius 2 is 1.82 bits per heavy atom. The number of nitro benzene ring substituents is 1. The van der Waals surface area contributed by atoms with Crippen LogP contribution in [0.2, 0.25) is 0 Å². The first kappa shape index (κ1) is 26.3. The van der Waals surface area contributed by atoms with Gasteiger partial charge in [0.2, 0.25) is 0 Å². The zero-order valence-electron chi connectivity index (χ0n) is 18.7. The number of carbonyl (C=O) groups excluding carboxylic acids is 3. The largest absolute Gasteiger partial charge is 1.00 e. The number of barbiturate groups is 1. The molecule has 0 spiro atoms. The standard InChI is InChI=1S/C22H29N5O5.ClH/c1-2-3-4-5-6-11-26-21(29)18(20(28)24-22(26)30)15-16-14-17(27(31)32)7-8-19(16)25-12-9-23-10-13-25;/h7-8,14-15,23H,2-6,9-13H2,1H3,(H,24,28,30);1H/b18-15-;. The minimum Gasteiger partial charge on any atom is -1.00 e. The molecule has 1 aromatic carbocycles. The number of anilines is 1. The number of nitro groups is 1. The van der Waals surface area contributed by atoms with Crippen LogP contribution in [0.3, 0.4) is 0 Å². The van der Waals surface area contributed by atoms with Crippen LogP contribution in [0.4, 0.5) is 16.2 Å². The fourth-order valence-corrected chi connectivity index (χ4v) is 3.98. The number of nitrogens with zero attached hydrogens (tertiary/aromatic N) is 3. The van der Waals surface area contributed by atoms with Crippen molar-refractivity contribution in [3.8, 4) is 0 Å². The van der Waals surface area contributed by atoms with Crippen molar-refractivity contribution in [1.82, 2.24) is 10.2 Å². The van der Waals surface area contributed by atoms with E-state index in [4.69, 9.17) is 0 Å². The fraction of sp³-hybridized carbons (Fsp3) is 0.500. The molecule has 0 atom stereocenters. The molecule has 2 saturated heterocycles. The summed E-state index contributed by atoms with van der Waals surface area (Å²) < 4.78 is 0. The number of amides is 4. The lowest BCUT2D eigenvalue weighted by atomic mass is 10.0. The molecule has 2 aliphatic rings. The predicted molar refractivity (Wildman–Crippen MR) is 119 cm³/mol. The van der Waals surface area contributed by atoms with Gasteiger partial charge in [0.1, 0.15) is 5.57 Å². The first-order valence-electron chi connectivity index (χ1n) is 11.2. The van der Waals surface area contributed by atoms with Gasteiger partial charge in [-0.15, -0.1) is 0 Å². The second-order valence-corrected chi connectivity index (χ2v) is 8.04. The number of halogens is 1. The summed E-state index contributed by atoms with van der Waals surface area (Å²) in [4.78, 5) is 51.7. The highest BCUT2D eigenvalue weighted by molar-refractivity contribution is 6.31. The highest BCUT2D eigenvalue weighted by Gasteiger charge is 2.35. The summed E-state index contributed by atoms with van der Waals surface area (Å²) in [5.41, 5.74) is 0.817. The number of piperazine rings is 1. The molecule has 2 aliphatic heterocycles. The lowest BCUT2D eigenvalue weighted by Gasteiger charge is -2.29. The lowest BCUT2D eigenvalue weighted by Crippen LogP contribution is -3.00. The number of rotatable bonds is 9. The Bertz CT molecular complexity index is 930. The molecule has 10 nitrogen and oxygen atoms in total. The molecule has 2 heterocycles. The number of nitrogens with one attached hydrogen (secondary N) is 1. The Hall–Kier alpha value is -2.98. The van der Waals surface area contributed by atoms with Crippen LogP contribution in [0.1, 0.15) is 44.6 Å². The number of nitrogens with two attached hydrogens (primary N) is 1. The van der Waals surface area contributed by atoms with Gasteiger partial charge in [0.15, 0.2) is 0 Å². The second kappa shape index (κ2) is 12.3. The van der Waals surface area contributed by atoms with Crippen molar-refractivity contribution in [1.29, 1.82) is 0 Å². The van der Waals surface area contributed by atoms with E-state index in [2.05, 4.69) is 22.5 Å². The smallest absolute Gasteiger partial charge is 0.331 e. The van der Waals surface area contributed by atoms with Crippen LogP contribution in [-0.2, 0) is 9.59 Å². The highest BCUT2D eigenvalue weighted by Crippen LogP contribution is 2.29. The van der Waals surface area contributed by atoms with Gasteiger partial charge in [0.05, 0.1) is 31.1 Å². The molecule has 33 heavy (non-hydrogen) atoms. The SMILES string of the molecule is CCCCCCCN1C(=O)NC(=O)/C(=C/c2cc([N+](=O)[O-])ccc2N2CC[NH2+]CC2)C1=O.[Cl-]. The first-order valence-corrected chi connectivity index (χ1v) is 11.2. The average Bonchev–Trinajstić information content (AvgIpc) is 2.78. The van der Waals surface area contributed by atoms with E-state index in [9.17, 15) is 24.5 Å². The van der Waals surface area contributed by atoms with E-state index < -0.39 is 22.8 Å². The van der Waals surface area contributed by atoms with Crippen LogP contribution >= 0.6 is 0 Å². The number of hydrogen-bond donors (Lipinski definition) is 2. The van der Waals surface area contributed by atoms with Crippen LogP contribution < -0.4 is 27.9 Å². The third-order valence-corrected chi connectivity index (χ3v) is 5.74. The maximum Gasteiger partial charge on any atom is 0.331 e. The average molecular weight is 480 g/mol. The van der Waals surface area contributed by atoms with Gasteiger partial charge in [0, 0.05) is 29.9 Å². The Morgan fingerprint density at radius 3 is 2.48 bits per heavy atom. The Labute approximate surface area is 198 Å². The third-order valence-electron chi connectivity index (χ3n) is 5.74. The molecule has 4 amide bonds. The summed E-state index contributed by atoms with van der Waals surface area (Å²) in [7, 11) is 0. The molecule has 180 valence electrons. The van der Waals surface area contributed by atoms with E-state index in [0.29, 0.717) is 12.0 Å². The molecule has 3 N–H and O–H groups in total. The topological polar surface area (TPSA) is 129 Å². The van der Waals surface area contributed by atoms with Gasteiger partial charge < -0.3 is 22.6 Å². The number of non-ortho nitro benzene ring substituents is 1. The zero-order chi connectivity index (χ0) is 23.1. The first-order chi connectivity index (χ1) is 15.4. The van der Waals surface area contributed by atoms with E-state index in [-0.39, 0.29) is 30.2 Å². The molecule has 0 aliphatic carbocycles. The minimum absolute atomic E-state index is 0. The number of quaternary nitrogens is 1. The molecular formula is C22H30ClN5O5. The van der Waals surface area contributed by atoms with Crippen molar-refractivity contribution in [2.45, 2.75) is 39.0 Å². The molecule has 0 aromatic heterocycles. The monoisotopic (exact) mass is 479 g/mol. The van der Waals surface area contributed by atoms with Gasteiger partial charge in [-0.2, -0.15) is 0 Å². The number of unbranched alkanes of at least 4 members (excludes halogenated alkanes) is 4. The van der Waals surface area contributed by atoms with Crippen molar-refractivity contribution in [3.63, 3.8) is 0 Å². The van der Waals surface area contributed by atoms with Gasteiger partial charge in [-0.25, -0.2) is 4.79 Å². The molecular weight excluding hydrogens is 450 g/mol. The number of imide groups is 2. The van der Waals surface area contributed by atoms with Crippen LogP contribution in [0, 0.1) is 10.1 Å². The quantitative estimate of drug-likeness (QED) is 0.144. The van der Waals surface area contributed by atoms with Gasteiger partial charge >= 0.3 is 6.03 Å². The van der Waals surface area contributed by atoms with Gasteiger partial charge in [-0.3, -0.25) is 29.9 Å². The normalized spacial score (nSPS) is 17.7. The molecule has 0 bridgehead atoms. The minimum atomic E-state index is -0.785. The molecule has 3 rings (SSSR count). The molecule has 2 fully saturated rings. The van der Waals surface area contributed by atoms with Crippen LogP contribution in [0.15, 0.2) is 23.8 Å². The maximum atomic E-state index is 13.0. The summed E-state index contributed by atoms with van der Waals surface area (Å²) in [5, 5.41) is 15.7. The van der Waals surface area contributed by atoms with E-state index in [1.807, 2.05) is 0 Å². The van der Waals surface area contributed by atoms with Crippen LogP contribution in [0.25, 0.3) is 6.08 Å². The summed E-state index contributed by atoms with van der Waals surface area (Å²) in [5.74, 6) is -1.45. The Balaban J connectivity index is 0.00000385. The van der Waals surface area contributed by atoms with E-state index in [1.54, 1.807) is 6.07 Å². The van der Waals surface area contributed by atoms with Gasteiger partial charge in [-0.05, 0) is 18.6 Å². The summed E-state index contributed by atoms with van der Waals surface area (Å²) in [6, 6.07) is 3.72. The van der Waals surface area contributed by atoms with Crippen molar-refractivity contribution in [3.05, 3.63) is 39.4 Å². The van der Waals surface area contributed by atoms with Gasteiger partial charge in [-0.1, -0.05) is 32.6 Å². The number of carbonyl (C=O) groups is 3. The van der Waals surface area contributed by atoms with Crippen molar-refractivity contribution < 1.29 is 37.0 Å². The number of urea groups is 1. The maximum absolute atomic E-state index is 13.0. The van der Waals surface area contributed by atoms with E-state index in [1.165, 1.54) is 18.2 Å². The molecule has 11 heteroatoms. The Kier molecular flexibility index (Phi) is 9.80. The number of hydrogen-bond acceptors (Lipinski definition) is 6. The number of benzene rings is 1. The molecule has 0 unspecified atom stereocenters. The summed E-state index contributed by atoms with van der Waals surface area (Å²) >= 11 is 0. The second-order valence-electron chi connectivity index (χ2n) is 8.04. The van der Waals surface area contributed by atoms with Crippen molar-refractivity contribution in [2.75, 3.05) is 37.6 Å². The fourth-order valence-electron chi connectivity index (χ4n) is 3.98. The summed E-state index contributed by atoms with van der Waals surface area (Å²) in [6.07, 6.45) is 6.12. The van der Waals surface area contributed by atoms with Crippen LogP contribution in [-0.4, -0.2) is 60.4 Å². The summed E-state index contributed by atoms with van der Waals surface area (Å²) in [6.45, 7) is 5.59. The highest BCUT2D eigenvalue weighted by atomic mass is 35.5. The van der Waals surface area contributed by atoms with Crippen molar-refractivity contribution in [2.24, 2.45) is 0 Å². The predicted octanol–water partition coefficient (Wildman–Crippen LogP) is -1.59. The zero-order valence-corrected chi connectivity index (χ0v) is 19.5. The third kappa shape index (κ3) is 6.52. The lowest BCUT2D eigenvalue weighted by molar-refractivity contribution is -0.655. The molecule has 0 radical (unpaired) electrons. The van der Waals surface area contributed by atoms with E-state index in [0.717, 1.165) is 62.4 Å². The van der Waals surface area contributed by atoms with E-state index >= 15 is 0 Å². The van der Waals surface area contributed by atoms with Gasteiger partial charge in [0.25, 0.3) is 17.5 Å². The Morgan fingerprint density at radius 1 is 1.12 bits per heavy atom. The van der Waals surface area contributed by atoms with Crippen molar-refractivity contribution >= 4 is 35.3 Å². The molecule has 1 aromatic rings. The van der Waals surface area contributed by atoms with Crippen LogP contribution in [0.5, 0.6) is 0 Å².